The molecule has 0 aliphatic carbocycles. The van der Waals surface area contributed by atoms with Crippen molar-refractivity contribution in [3.63, 3.8) is 0 Å². The Labute approximate surface area is 137 Å². The molecule has 2 aromatic carbocycles. The number of benzene rings is 2. The van der Waals surface area contributed by atoms with Crippen LogP contribution in [0.2, 0.25) is 0 Å². The molecule has 2 amide bonds. The Bertz CT molecular complexity index is 673. The van der Waals surface area contributed by atoms with Crippen LogP contribution in [0.4, 0.5) is 9.18 Å². The van der Waals surface area contributed by atoms with Gasteiger partial charge in [-0.2, -0.15) is 0 Å². The smallest absolute Gasteiger partial charge is 0.318 e. The Balaban J connectivity index is 1.73. The number of nitrogens with one attached hydrogen (secondary N) is 2. The highest BCUT2D eigenvalue weighted by atomic mass is 79.9. The molecule has 0 unspecified atom stereocenters. The lowest BCUT2D eigenvalue weighted by Crippen LogP contribution is -2.33. The highest BCUT2D eigenvalue weighted by molar-refractivity contribution is 9.10. The molecule has 22 heavy (non-hydrogen) atoms. The van der Waals surface area contributed by atoms with Gasteiger partial charge in [0.25, 0.3) is 0 Å². The monoisotopic (exact) mass is 362 g/mol. The molecule has 0 fully saturated rings. The minimum atomic E-state index is -0.324. The van der Waals surface area contributed by atoms with E-state index < -0.39 is 0 Å². The predicted octanol–water partition coefficient (Wildman–Crippen LogP) is 4.10. The molecule has 0 bridgehead atoms. The fraction of sp³-hybridized carbons (Fsp3) is 0.118. The Morgan fingerprint density at radius 1 is 1.18 bits per heavy atom. The Hall–Kier alpha value is -2.14. The van der Waals surface area contributed by atoms with Crippen LogP contribution in [0.1, 0.15) is 11.1 Å². The summed E-state index contributed by atoms with van der Waals surface area (Å²) in [7, 11) is 0. The zero-order valence-corrected chi connectivity index (χ0v) is 13.4. The van der Waals surface area contributed by atoms with E-state index in [0.29, 0.717) is 12.1 Å². The van der Waals surface area contributed by atoms with Crippen molar-refractivity contribution in [1.29, 1.82) is 0 Å². The van der Waals surface area contributed by atoms with Crippen LogP contribution in [0.3, 0.4) is 0 Å². The molecule has 114 valence electrons. The summed E-state index contributed by atoms with van der Waals surface area (Å²) in [4.78, 5) is 11.6. The van der Waals surface area contributed by atoms with Gasteiger partial charge in [-0.3, -0.25) is 0 Å². The lowest BCUT2D eigenvalue weighted by Gasteiger charge is -2.05. The van der Waals surface area contributed by atoms with Crippen LogP contribution in [0.25, 0.3) is 6.08 Å². The van der Waals surface area contributed by atoms with Gasteiger partial charge >= 0.3 is 6.03 Å². The molecule has 2 rings (SSSR count). The van der Waals surface area contributed by atoms with Gasteiger partial charge in [-0.25, -0.2) is 9.18 Å². The van der Waals surface area contributed by atoms with Crippen molar-refractivity contribution >= 4 is 28.0 Å². The molecular formula is C17H16BrFN2O. The fourth-order valence-corrected chi connectivity index (χ4v) is 2.33. The van der Waals surface area contributed by atoms with E-state index in [4.69, 9.17) is 0 Å². The van der Waals surface area contributed by atoms with E-state index in [9.17, 15) is 9.18 Å². The molecule has 0 radical (unpaired) electrons. The average molecular weight is 363 g/mol. The molecule has 2 N–H and O–H groups in total. The molecule has 0 saturated heterocycles. The summed E-state index contributed by atoms with van der Waals surface area (Å²) in [5, 5.41) is 5.29. The second-order valence-corrected chi connectivity index (χ2v) is 5.55. The first-order valence-corrected chi connectivity index (χ1v) is 7.64. The first-order valence-electron chi connectivity index (χ1n) is 6.85. The quantitative estimate of drug-likeness (QED) is 0.825. The minimum absolute atomic E-state index is 0.317. The molecule has 3 nitrogen and oxygen atoms in total. The first kappa shape index (κ1) is 16.2. The number of carbonyl (C=O) groups is 1. The molecule has 2 aromatic rings. The van der Waals surface area contributed by atoms with Crippen LogP contribution >= 0.6 is 15.9 Å². The second-order valence-electron chi connectivity index (χ2n) is 4.64. The Morgan fingerprint density at radius 2 is 2.00 bits per heavy atom. The van der Waals surface area contributed by atoms with Crippen molar-refractivity contribution in [1.82, 2.24) is 10.6 Å². The van der Waals surface area contributed by atoms with Crippen molar-refractivity contribution in [3.8, 4) is 0 Å². The second kappa shape index (κ2) is 8.34. The fourth-order valence-electron chi connectivity index (χ4n) is 1.88. The maximum atomic E-state index is 13.4. The van der Waals surface area contributed by atoms with E-state index in [1.807, 2.05) is 24.3 Å². The van der Waals surface area contributed by atoms with Crippen LogP contribution in [0.5, 0.6) is 0 Å². The highest BCUT2D eigenvalue weighted by Gasteiger charge is 1.99. The summed E-state index contributed by atoms with van der Waals surface area (Å²) >= 11 is 3.41. The summed E-state index contributed by atoms with van der Waals surface area (Å²) in [6.07, 6.45) is 3.68. The van der Waals surface area contributed by atoms with Crippen molar-refractivity contribution in [2.45, 2.75) is 6.42 Å². The SMILES string of the molecule is O=C(N/C=C/c1ccccc1F)NCCc1cccc(Br)c1. The summed E-state index contributed by atoms with van der Waals surface area (Å²) in [5.41, 5.74) is 1.56. The van der Waals surface area contributed by atoms with E-state index in [2.05, 4.69) is 26.6 Å². The van der Waals surface area contributed by atoms with E-state index in [1.165, 1.54) is 18.3 Å². The van der Waals surface area contributed by atoms with Gasteiger partial charge in [0.05, 0.1) is 0 Å². The van der Waals surface area contributed by atoms with Crippen molar-refractivity contribution < 1.29 is 9.18 Å². The van der Waals surface area contributed by atoms with E-state index in [0.717, 1.165) is 16.5 Å². The number of rotatable bonds is 5. The Kier molecular flexibility index (Phi) is 6.15. The summed E-state index contributed by atoms with van der Waals surface area (Å²) in [6.45, 7) is 0.524. The van der Waals surface area contributed by atoms with Crippen LogP contribution < -0.4 is 10.6 Å². The predicted molar refractivity (Wildman–Crippen MR) is 89.8 cm³/mol. The summed E-state index contributed by atoms with van der Waals surface area (Å²) < 4.78 is 14.4. The summed E-state index contributed by atoms with van der Waals surface area (Å²) in [6, 6.07) is 14.0. The number of hydrogen-bond donors (Lipinski definition) is 2. The molecule has 0 heterocycles. The van der Waals surface area contributed by atoms with Crippen LogP contribution in [0, 0.1) is 5.82 Å². The van der Waals surface area contributed by atoms with Gasteiger partial charge in [-0.05, 0) is 36.3 Å². The average Bonchev–Trinajstić information content (AvgIpc) is 2.49. The van der Waals surface area contributed by atoms with Gasteiger partial charge in [0.2, 0.25) is 0 Å². The lowest BCUT2D eigenvalue weighted by atomic mass is 10.1. The standard InChI is InChI=1S/C17H16BrFN2O/c18-15-6-3-4-13(12-15)8-10-20-17(22)21-11-9-14-5-1-2-7-16(14)19/h1-7,9,11-12H,8,10H2,(H2,20,21,22)/b11-9+. The van der Waals surface area contributed by atoms with Gasteiger partial charge in [0.1, 0.15) is 5.82 Å². The third-order valence-electron chi connectivity index (χ3n) is 2.97. The van der Waals surface area contributed by atoms with E-state index in [-0.39, 0.29) is 11.8 Å². The molecule has 0 spiro atoms. The van der Waals surface area contributed by atoms with Gasteiger partial charge in [0, 0.05) is 22.8 Å². The molecule has 0 aliphatic rings. The largest absolute Gasteiger partial charge is 0.338 e. The lowest BCUT2D eigenvalue weighted by molar-refractivity contribution is 0.244. The highest BCUT2D eigenvalue weighted by Crippen LogP contribution is 2.11. The van der Waals surface area contributed by atoms with E-state index >= 15 is 0 Å². The van der Waals surface area contributed by atoms with Crippen LogP contribution in [0.15, 0.2) is 59.2 Å². The maximum Gasteiger partial charge on any atom is 0.318 e. The summed E-state index contributed by atoms with van der Waals surface area (Å²) in [5.74, 6) is -0.324. The van der Waals surface area contributed by atoms with Crippen molar-refractivity contribution in [2.24, 2.45) is 0 Å². The van der Waals surface area contributed by atoms with Gasteiger partial charge in [-0.1, -0.05) is 46.3 Å². The third-order valence-corrected chi connectivity index (χ3v) is 3.46. The zero-order valence-electron chi connectivity index (χ0n) is 11.9. The molecule has 5 heteroatoms. The molecule has 0 atom stereocenters. The zero-order chi connectivity index (χ0) is 15.8. The van der Waals surface area contributed by atoms with Gasteiger partial charge in [0.15, 0.2) is 0 Å². The Morgan fingerprint density at radius 3 is 2.77 bits per heavy atom. The topological polar surface area (TPSA) is 41.1 Å². The number of urea groups is 1. The number of amides is 2. The van der Waals surface area contributed by atoms with Crippen LogP contribution in [-0.2, 0) is 6.42 Å². The molecular weight excluding hydrogens is 347 g/mol. The number of halogens is 2. The van der Waals surface area contributed by atoms with Crippen LogP contribution in [-0.4, -0.2) is 12.6 Å². The molecule has 0 saturated carbocycles. The molecule has 0 aliphatic heterocycles. The maximum absolute atomic E-state index is 13.4. The number of hydrogen-bond acceptors (Lipinski definition) is 1. The third kappa shape index (κ3) is 5.33. The minimum Gasteiger partial charge on any atom is -0.338 e. The van der Waals surface area contributed by atoms with E-state index in [1.54, 1.807) is 18.2 Å². The van der Waals surface area contributed by atoms with Gasteiger partial charge in [-0.15, -0.1) is 0 Å². The normalized spacial score (nSPS) is 10.6. The van der Waals surface area contributed by atoms with Crippen molar-refractivity contribution in [2.75, 3.05) is 6.54 Å². The van der Waals surface area contributed by atoms with Crippen molar-refractivity contribution in [3.05, 3.63) is 76.1 Å². The number of carbonyl (C=O) groups excluding carboxylic acids is 1. The van der Waals surface area contributed by atoms with Gasteiger partial charge < -0.3 is 10.6 Å². The first-order chi connectivity index (χ1) is 10.6. The molecule has 0 aromatic heterocycles.